The van der Waals surface area contributed by atoms with Crippen LogP contribution in [0, 0.1) is 0 Å². The molecule has 0 saturated carbocycles. The van der Waals surface area contributed by atoms with Gasteiger partial charge in [0.25, 0.3) is 0 Å². The molecule has 1 aromatic carbocycles. The van der Waals surface area contributed by atoms with E-state index in [1.165, 1.54) is 24.3 Å². The summed E-state index contributed by atoms with van der Waals surface area (Å²) in [5.74, 6) is -3.38. The summed E-state index contributed by atoms with van der Waals surface area (Å²) in [4.78, 5) is -0.355. The molecular formula is C12H16F2N2O2S. The summed E-state index contributed by atoms with van der Waals surface area (Å²) in [5, 5.41) is 6.47. The average Bonchev–Trinajstić information content (AvgIpc) is 2.90. The van der Waals surface area contributed by atoms with Crippen molar-refractivity contribution < 1.29 is 17.2 Å². The Morgan fingerprint density at radius 1 is 1.32 bits per heavy atom. The van der Waals surface area contributed by atoms with Gasteiger partial charge >= 0.3 is 5.76 Å². The number of nitrogens with one attached hydrogen (secondary N) is 2. The van der Waals surface area contributed by atoms with Gasteiger partial charge in [0.05, 0.1) is 4.90 Å². The summed E-state index contributed by atoms with van der Waals surface area (Å²) in [6.45, 7) is 1.75. The number of halogens is 2. The number of rotatable bonds is 5. The minimum atomic E-state index is -4.50. The zero-order chi connectivity index (χ0) is 13.9. The molecule has 1 heterocycles. The first kappa shape index (κ1) is 14.2. The average molecular weight is 290 g/mol. The molecule has 1 atom stereocenters. The Morgan fingerprint density at radius 2 is 2.00 bits per heavy atom. The number of anilines is 1. The highest BCUT2D eigenvalue weighted by Crippen LogP contribution is 2.20. The lowest BCUT2D eigenvalue weighted by Gasteiger charge is -2.13. The first-order valence-electron chi connectivity index (χ1n) is 6.09. The number of benzene rings is 1. The Hall–Kier alpha value is -1.21. The Bertz CT molecular complexity index is 511. The molecule has 0 aromatic heterocycles. The van der Waals surface area contributed by atoms with E-state index in [9.17, 15) is 17.2 Å². The van der Waals surface area contributed by atoms with E-state index in [1.54, 1.807) is 0 Å². The SMILES string of the molecule is O=S(=O)(c1ccc(NCC2CCCN2)cc1)C(F)F. The van der Waals surface area contributed by atoms with Crippen molar-refractivity contribution in [2.24, 2.45) is 0 Å². The molecule has 1 aliphatic heterocycles. The minimum absolute atomic E-state index is 0.355. The van der Waals surface area contributed by atoms with Crippen molar-refractivity contribution in [3.05, 3.63) is 24.3 Å². The van der Waals surface area contributed by atoms with Crippen molar-refractivity contribution in [1.82, 2.24) is 5.32 Å². The Kier molecular flexibility index (Phi) is 4.36. The van der Waals surface area contributed by atoms with Gasteiger partial charge < -0.3 is 10.6 Å². The third-order valence-corrected chi connectivity index (χ3v) is 4.53. The number of hydrogen-bond acceptors (Lipinski definition) is 4. The summed E-state index contributed by atoms with van der Waals surface area (Å²) < 4.78 is 47.1. The molecule has 0 bridgehead atoms. The quantitative estimate of drug-likeness (QED) is 0.869. The van der Waals surface area contributed by atoms with Gasteiger partial charge in [0.2, 0.25) is 9.84 Å². The zero-order valence-corrected chi connectivity index (χ0v) is 11.1. The van der Waals surface area contributed by atoms with Crippen molar-refractivity contribution in [2.45, 2.75) is 29.5 Å². The van der Waals surface area contributed by atoms with Crippen LogP contribution < -0.4 is 10.6 Å². The molecule has 19 heavy (non-hydrogen) atoms. The van der Waals surface area contributed by atoms with Crippen LogP contribution in [0.1, 0.15) is 12.8 Å². The maximum atomic E-state index is 12.3. The molecule has 0 radical (unpaired) electrons. The van der Waals surface area contributed by atoms with Crippen molar-refractivity contribution in [3.63, 3.8) is 0 Å². The van der Waals surface area contributed by atoms with Gasteiger partial charge in [0, 0.05) is 18.3 Å². The fourth-order valence-electron chi connectivity index (χ4n) is 2.04. The summed E-state index contributed by atoms with van der Waals surface area (Å²) in [6, 6.07) is 5.82. The maximum absolute atomic E-state index is 12.3. The van der Waals surface area contributed by atoms with Gasteiger partial charge in [0.15, 0.2) is 0 Å². The third-order valence-electron chi connectivity index (χ3n) is 3.13. The normalized spacial score (nSPS) is 19.8. The van der Waals surface area contributed by atoms with E-state index >= 15 is 0 Å². The lowest BCUT2D eigenvalue weighted by atomic mass is 10.2. The van der Waals surface area contributed by atoms with Crippen LogP contribution in [-0.4, -0.2) is 33.3 Å². The summed E-state index contributed by atoms with van der Waals surface area (Å²) in [5.41, 5.74) is 0.724. The van der Waals surface area contributed by atoms with E-state index < -0.39 is 15.6 Å². The van der Waals surface area contributed by atoms with Crippen LogP contribution in [0.3, 0.4) is 0 Å². The molecule has 7 heteroatoms. The van der Waals surface area contributed by atoms with Crippen LogP contribution >= 0.6 is 0 Å². The van der Waals surface area contributed by atoms with Crippen LogP contribution in [0.5, 0.6) is 0 Å². The molecule has 4 nitrogen and oxygen atoms in total. The van der Waals surface area contributed by atoms with Crippen molar-refractivity contribution in [2.75, 3.05) is 18.4 Å². The Morgan fingerprint density at radius 3 is 2.53 bits per heavy atom. The highest BCUT2D eigenvalue weighted by Gasteiger charge is 2.26. The van der Waals surface area contributed by atoms with E-state index in [2.05, 4.69) is 10.6 Å². The van der Waals surface area contributed by atoms with E-state index in [0.717, 1.165) is 31.6 Å². The molecule has 1 aromatic rings. The number of alkyl halides is 2. The predicted molar refractivity (Wildman–Crippen MR) is 69.1 cm³/mol. The lowest BCUT2D eigenvalue weighted by molar-refractivity contribution is 0.234. The molecule has 1 fully saturated rings. The van der Waals surface area contributed by atoms with Gasteiger partial charge in [-0.3, -0.25) is 0 Å². The van der Waals surface area contributed by atoms with Crippen LogP contribution in [0.15, 0.2) is 29.2 Å². The van der Waals surface area contributed by atoms with Gasteiger partial charge in [-0.1, -0.05) is 0 Å². The Labute approximate surface area is 111 Å². The maximum Gasteiger partial charge on any atom is 0.341 e. The highest BCUT2D eigenvalue weighted by molar-refractivity contribution is 7.91. The molecular weight excluding hydrogens is 274 g/mol. The van der Waals surface area contributed by atoms with Gasteiger partial charge in [0.1, 0.15) is 0 Å². The second-order valence-corrected chi connectivity index (χ2v) is 6.42. The summed E-state index contributed by atoms with van der Waals surface area (Å²) >= 11 is 0. The second kappa shape index (κ2) is 5.83. The van der Waals surface area contributed by atoms with E-state index in [4.69, 9.17) is 0 Å². The van der Waals surface area contributed by atoms with Crippen LogP contribution in [0.4, 0.5) is 14.5 Å². The van der Waals surface area contributed by atoms with Crippen molar-refractivity contribution >= 4 is 15.5 Å². The molecule has 106 valence electrons. The number of sulfone groups is 1. The van der Waals surface area contributed by atoms with Gasteiger partial charge in [-0.15, -0.1) is 0 Å². The monoisotopic (exact) mass is 290 g/mol. The number of hydrogen-bond donors (Lipinski definition) is 2. The van der Waals surface area contributed by atoms with E-state index in [-0.39, 0.29) is 4.90 Å². The molecule has 0 amide bonds. The van der Waals surface area contributed by atoms with Crippen LogP contribution in [0.25, 0.3) is 0 Å². The predicted octanol–water partition coefficient (Wildman–Crippen LogP) is 1.85. The first-order valence-corrected chi connectivity index (χ1v) is 7.64. The molecule has 1 aliphatic rings. The molecule has 1 saturated heterocycles. The van der Waals surface area contributed by atoms with Crippen LogP contribution in [-0.2, 0) is 9.84 Å². The molecule has 0 spiro atoms. The standard InChI is InChI=1S/C12H16F2N2O2S/c13-12(14)19(17,18)11-5-3-9(4-6-11)16-8-10-2-1-7-15-10/h3-6,10,12,15-16H,1-2,7-8H2. The first-order chi connectivity index (χ1) is 9.00. The highest BCUT2D eigenvalue weighted by atomic mass is 32.2. The van der Waals surface area contributed by atoms with Gasteiger partial charge in [-0.2, -0.15) is 8.78 Å². The topological polar surface area (TPSA) is 58.2 Å². The fourth-order valence-corrected chi connectivity index (χ4v) is 2.76. The molecule has 1 unspecified atom stereocenters. The smallest absolute Gasteiger partial charge is 0.341 e. The van der Waals surface area contributed by atoms with Crippen molar-refractivity contribution in [3.8, 4) is 0 Å². The van der Waals surface area contributed by atoms with Gasteiger partial charge in [-0.05, 0) is 43.7 Å². The second-order valence-electron chi connectivity index (χ2n) is 4.50. The molecule has 2 N–H and O–H groups in total. The van der Waals surface area contributed by atoms with E-state index in [0.29, 0.717) is 6.04 Å². The van der Waals surface area contributed by atoms with Gasteiger partial charge in [-0.25, -0.2) is 8.42 Å². The summed E-state index contributed by atoms with van der Waals surface area (Å²) in [6.07, 6.45) is 2.25. The molecule has 0 aliphatic carbocycles. The summed E-state index contributed by atoms with van der Waals surface area (Å²) in [7, 11) is -4.50. The third kappa shape index (κ3) is 3.42. The van der Waals surface area contributed by atoms with Crippen molar-refractivity contribution in [1.29, 1.82) is 0 Å². The minimum Gasteiger partial charge on any atom is -0.383 e. The molecule has 2 rings (SSSR count). The van der Waals surface area contributed by atoms with E-state index in [1.807, 2.05) is 0 Å². The zero-order valence-electron chi connectivity index (χ0n) is 10.3. The largest absolute Gasteiger partial charge is 0.383 e. The fraction of sp³-hybridized carbons (Fsp3) is 0.500. The lowest BCUT2D eigenvalue weighted by Crippen LogP contribution is -2.29. The van der Waals surface area contributed by atoms with Crippen LogP contribution in [0.2, 0.25) is 0 Å². The Balaban J connectivity index is 1.98.